The van der Waals surface area contributed by atoms with E-state index in [-0.39, 0.29) is 5.82 Å². The van der Waals surface area contributed by atoms with Crippen molar-refractivity contribution in [3.05, 3.63) is 34.1 Å². The first-order chi connectivity index (χ1) is 7.66. The Morgan fingerprint density at radius 1 is 1.44 bits per heavy atom. The molecule has 0 radical (unpaired) electrons. The van der Waals surface area contributed by atoms with Gasteiger partial charge in [-0.15, -0.1) is 0 Å². The van der Waals surface area contributed by atoms with Crippen LogP contribution in [-0.2, 0) is 11.2 Å². The van der Waals surface area contributed by atoms with Crippen molar-refractivity contribution in [2.24, 2.45) is 5.92 Å². The van der Waals surface area contributed by atoms with Gasteiger partial charge in [-0.25, -0.2) is 4.39 Å². The summed E-state index contributed by atoms with van der Waals surface area (Å²) in [5.41, 5.74) is 1.15. The third-order valence-corrected chi connectivity index (χ3v) is 4.68. The number of halogens is 3. The fourth-order valence-corrected chi connectivity index (χ4v) is 2.88. The summed E-state index contributed by atoms with van der Waals surface area (Å²) < 4.78 is 19.1. The minimum Gasteiger partial charge on any atom is -0.381 e. The minimum absolute atomic E-state index is 0.209. The topological polar surface area (TPSA) is 9.23 Å². The van der Waals surface area contributed by atoms with Gasteiger partial charge in [0, 0.05) is 11.4 Å². The highest BCUT2D eigenvalue weighted by molar-refractivity contribution is 9.10. The Bertz CT molecular complexity index is 370. The van der Waals surface area contributed by atoms with E-state index in [9.17, 15) is 4.39 Å². The largest absolute Gasteiger partial charge is 0.381 e. The van der Waals surface area contributed by atoms with Gasteiger partial charge in [-0.1, -0.05) is 22.0 Å². The predicted molar refractivity (Wildman–Crippen MR) is 69.4 cm³/mol. The molecule has 1 aromatic rings. The van der Waals surface area contributed by atoms with Gasteiger partial charge in [0.2, 0.25) is 0 Å². The molecule has 16 heavy (non-hydrogen) atoms. The van der Waals surface area contributed by atoms with Crippen molar-refractivity contribution in [1.29, 1.82) is 0 Å². The van der Waals surface area contributed by atoms with E-state index in [1.54, 1.807) is 0 Å². The molecule has 1 aliphatic rings. The molecule has 1 aliphatic heterocycles. The third-order valence-electron chi connectivity index (χ3n) is 2.86. The number of hydrogen-bond acceptors (Lipinski definition) is 1. The molecule has 4 heteroatoms. The van der Waals surface area contributed by atoms with Crippen LogP contribution in [0.2, 0.25) is 0 Å². The second-order valence-corrected chi connectivity index (χ2v) is 6.12. The van der Waals surface area contributed by atoms with E-state index in [1.165, 1.54) is 6.07 Å². The van der Waals surface area contributed by atoms with Gasteiger partial charge < -0.3 is 4.74 Å². The van der Waals surface area contributed by atoms with Gasteiger partial charge in [0.05, 0.1) is 11.1 Å². The second kappa shape index (κ2) is 5.61. The maximum atomic E-state index is 13.1. The molecule has 2 rings (SSSR count). The molecule has 1 nitrogen and oxygen atoms in total. The number of alkyl halides is 1. The summed E-state index contributed by atoms with van der Waals surface area (Å²) >= 11 is 6.89. The van der Waals surface area contributed by atoms with Crippen molar-refractivity contribution in [1.82, 2.24) is 0 Å². The molecule has 0 bridgehead atoms. The average molecular weight is 352 g/mol. The summed E-state index contributed by atoms with van der Waals surface area (Å²) in [4.78, 5) is 0.505. The number of rotatable bonds is 2. The van der Waals surface area contributed by atoms with E-state index < -0.39 is 0 Å². The van der Waals surface area contributed by atoms with Crippen molar-refractivity contribution >= 4 is 31.9 Å². The average Bonchev–Trinajstić information content (AvgIpc) is 2.27. The Morgan fingerprint density at radius 2 is 2.25 bits per heavy atom. The molecule has 1 heterocycles. The van der Waals surface area contributed by atoms with Crippen molar-refractivity contribution < 1.29 is 9.13 Å². The van der Waals surface area contributed by atoms with Gasteiger partial charge in [-0.05, 0) is 52.4 Å². The highest BCUT2D eigenvalue weighted by Crippen LogP contribution is 2.27. The van der Waals surface area contributed by atoms with Crippen LogP contribution in [0.5, 0.6) is 0 Å². The Kier molecular flexibility index (Phi) is 4.39. The van der Waals surface area contributed by atoms with Crippen LogP contribution in [0.3, 0.4) is 0 Å². The molecule has 88 valence electrons. The van der Waals surface area contributed by atoms with Crippen molar-refractivity contribution in [3.63, 3.8) is 0 Å². The molecule has 0 saturated carbocycles. The standard InChI is InChI=1S/C12H13Br2FO/c13-10-3-4-16-7-9(10)5-8-1-2-12(15)11(14)6-8/h1-2,6,9-10H,3-5,7H2. The monoisotopic (exact) mass is 350 g/mol. The normalized spacial score (nSPS) is 25.7. The summed E-state index contributed by atoms with van der Waals surface area (Å²) in [7, 11) is 0. The van der Waals surface area contributed by atoms with E-state index >= 15 is 0 Å². The number of ether oxygens (including phenoxy) is 1. The summed E-state index contributed by atoms with van der Waals surface area (Å²) in [5, 5.41) is 0. The zero-order valence-electron chi connectivity index (χ0n) is 8.76. The van der Waals surface area contributed by atoms with Gasteiger partial charge in [0.15, 0.2) is 0 Å². The molecule has 1 aromatic carbocycles. The molecule has 0 amide bonds. The molecule has 0 N–H and O–H groups in total. The Hall–Kier alpha value is 0.0700. The van der Waals surface area contributed by atoms with Gasteiger partial charge in [0.1, 0.15) is 5.82 Å². The number of benzene rings is 1. The van der Waals surface area contributed by atoms with Crippen LogP contribution in [-0.4, -0.2) is 18.0 Å². The van der Waals surface area contributed by atoms with Crippen LogP contribution in [0.4, 0.5) is 4.39 Å². The molecule has 2 unspecified atom stereocenters. The first kappa shape index (κ1) is 12.5. The molecular formula is C12H13Br2FO. The van der Waals surface area contributed by atoms with Crippen molar-refractivity contribution in [3.8, 4) is 0 Å². The first-order valence-corrected chi connectivity index (χ1v) is 7.03. The van der Waals surface area contributed by atoms with Gasteiger partial charge in [-0.2, -0.15) is 0 Å². The third kappa shape index (κ3) is 3.05. The van der Waals surface area contributed by atoms with E-state index in [0.29, 0.717) is 15.2 Å². The highest BCUT2D eigenvalue weighted by Gasteiger charge is 2.23. The molecule has 0 spiro atoms. The van der Waals surface area contributed by atoms with Gasteiger partial charge >= 0.3 is 0 Å². The van der Waals surface area contributed by atoms with E-state index in [1.807, 2.05) is 12.1 Å². The summed E-state index contributed by atoms with van der Waals surface area (Å²) in [5.74, 6) is 0.269. The maximum absolute atomic E-state index is 13.1. The second-order valence-electron chi connectivity index (χ2n) is 4.09. The van der Waals surface area contributed by atoms with Gasteiger partial charge in [0.25, 0.3) is 0 Å². The van der Waals surface area contributed by atoms with E-state index in [2.05, 4.69) is 31.9 Å². The smallest absolute Gasteiger partial charge is 0.137 e. The highest BCUT2D eigenvalue weighted by atomic mass is 79.9. The van der Waals surface area contributed by atoms with Crippen molar-refractivity contribution in [2.45, 2.75) is 17.7 Å². The van der Waals surface area contributed by atoms with E-state index in [4.69, 9.17) is 4.74 Å². The van der Waals surface area contributed by atoms with Crippen molar-refractivity contribution in [2.75, 3.05) is 13.2 Å². The summed E-state index contributed by atoms with van der Waals surface area (Å²) in [6, 6.07) is 5.20. The lowest BCUT2D eigenvalue weighted by atomic mass is 9.94. The molecular weight excluding hydrogens is 339 g/mol. The maximum Gasteiger partial charge on any atom is 0.137 e. The van der Waals surface area contributed by atoms with Crippen LogP contribution in [0.1, 0.15) is 12.0 Å². The summed E-state index contributed by atoms with van der Waals surface area (Å²) in [6.07, 6.45) is 1.97. The SMILES string of the molecule is Fc1ccc(CC2COCCC2Br)cc1Br. The lowest BCUT2D eigenvalue weighted by Gasteiger charge is -2.27. The van der Waals surface area contributed by atoms with Gasteiger partial charge in [-0.3, -0.25) is 0 Å². The van der Waals surface area contributed by atoms with E-state index in [0.717, 1.165) is 31.6 Å². The zero-order chi connectivity index (χ0) is 11.5. The Balaban J connectivity index is 2.05. The molecule has 1 fully saturated rings. The predicted octanol–water partition coefficient (Wildman–Crippen LogP) is 3.93. The van der Waals surface area contributed by atoms with Crippen LogP contribution >= 0.6 is 31.9 Å². The Labute approximate surface area is 112 Å². The van der Waals surface area contributed by atoms with Crippen LogP contribution in [0.15, 0.2) is 22.7 Å². The minimum atomic E-state index is -0.209. The molecule has 0 aromatic heterocycles. The molecule has 2 atom stereocenters. The molecule has 1 saturated heterocycles. The fraction of sp³-hybridized carbons (Fsp3) is 0.500. The van der Waals surface area contributed by atoms with Crippen LogP contribution in [0, 0.1) is 11.7 Å². The lowest BCUT2D eigenvalue weighted by Crippen LogP contribution is -2.29. The zero-order valence-corrected chi connectivity index (χ0v) is 11.9. The first-order valence-electron chi connectivity index (χ1n) is 5.32. The Morgan fingerprint density at radius 3 is 2.94 bits per heavy atom. The van der Waals surface area contributed by atoms with Crippen LogP contribution in [0.25, 0.3) is 0 Å². The lowest BCUT2D eigenvalue weighted by molar-refractivity contribution is 0.0605. The van der Waals surface area contributed by atoms with Crippen LogP contribution < -0.4 is 0 Å². The molecule has 0 aliphatic carbocycles. The number of hydrogen-bond donors (Lipinski definition) is 0. The summed E-state index contributed by atoms with van der Waals surface area (Å²) in [6.45, 7) is 1.62. The fourth-order valence-electron chi connectivity index (χ4n) is 1.93. The quantitative estimate of drug-likeness (QED) is 0.733.